The zero-order chi connectivity index (χ0) is 13.9. The van der Waals surface area contributed by atoms with E-state index in [9.17, 15) is 9.50 Å². The topological polar surface area (TPSA) is 29.5 Å². The standard InChI is InChI=1S/C17H17FO2/c18-14-5-1-3-12(9-14)11-20-15-8-7-13-4-2-6-17(19)16(13)10-15/h1,3,5,7-10,17,19H,2,4,6,11H2/t17-/m0/s1. The maximum atomic E-state index is 13.1. The van der Waals surface area contributed by atoms with Crippen LogP contribution >= 0.6 is 0 Å². The van der Waals surface area contributed by atoms with Crippen molar-refractivity contribution in [2.24, 2.45) is 0 Å². The summed E-state index contributed by atoms with van der Waals surface area (Å²) in [4.78, 5) is 0. The number of benzene rings is 2. The first-order valence-electron chi connectivity index (χ1n) is 6.90. The van der Waals surface area contributed by atoms with Crippen molar-refractivity contribution in [3.05, 3.63) is 65.0 Å². The molecule has 2 aromatic carbocycles. The van der Waals surface area contributed by atoms with Crippen LogP contribution in [0, 0.1) is 5.82 Å². The van der Waals surface area contributed by atoms with E-state index in [2.05, 4.69) is 0 Å². The summed E-state index contributed by atoms with van der Waals surface area (Å²) in [5.41, 5.74) is 2.96. The quantitative estimate of drug-likeness (QED) is 0.921. The zero-order valence-corrected chi connectivity index (χ0v) is 11.2. The van der Waals surface area contributed by atoms with E-state index < -0.39 is 6.10 Å². The Hall–Kier alpha value is -1.87. The van der Waals surface area contributed by atoms with Crippen LogP contribution < -0.4 is 4.74 Å². The number of hydrogen-bond donors (Lipinski definition) is 1. The summed E-state index contributed by atoms with van der Waals surface area (Å²) in [7, 11) is 0. The van der Waals surface area contributed by atoms with Crippen molar-refractivity contribution in [3.63, 3.8) is 0 Å². The first-order chi connectivity index (χ1) is 9.72. The third kappa shape index (κ3) is 2.83. The number of aryl methyl sites for hydroxylation is 1. The lowest BCUT2D eigenvalue weighted by molar-refractivity contribution is 0.156. The van der Waals surface area contributed by atoms with Gasteiger partial charge in [0.1, 0.15) is 18.2 Å². The van der Waals surface area contributed by atoms with Crippen LogP contribution in [0.3, 0.4) is 0 Å². The van der Waals surface area contributed by atoms with Gasteiger partial charge in [-0.25, -0.2) is 4.39 Å². The van der Waals surface area contributed by atoms with E-state index in [1.807, 2.05) is 24.3 Å². The molecular weight excluding hydrogens is 255 g/mol. The molecule has 1 atom stereocenters. The Morgan fingerprint density at radius 1 is 1.20 bits per heavy atom. The van der Waals surface area contributed by atoms with E-state index in [4.69, 9.17) is 4.74 Å². The molecule has 1 N–H and O–H groups in total. The molecule has 0 radical (unpaired) electrons. The fourth-order valence-corrected chi connectivity index (χ4v) is 2.64. The number of ether oxygens (including phenoxy) is 1. The number of aliphatic hydroxyl groups is 1. The third-order valence-corrected chi connectivity index (χ3v) is 3.69. The average Bonchev–Trinajstić information content (AvgIpc) is 2.46. The highest BCUT2D eigenvalue weighted by Gasteiger charge is 2.18. The van der Waals surface area contributed by atoms with Gasteiger partial charge in [0.2, 0.25) is 0 Å². The molecule has 3 heteroatoms. The number of fused-ring (bicyclic) bond motifs is 1. The van der Waals surface area contributed by atoms with Crippen LogP contribution in [-0.4, -0.2) is 5.11 Å². The predicted octanol–water partition coefficient (Wildman–Crippen LogP) is 3.77. The number of aliphatic hydroxyl groups excluding tert-OH is 1. The van der Waals surface area contributed by atoms with Crippen molar-refractivity contribution in [3.8, 4) is 5.75 Å². The minimum absolute atomic E-state index is 0.257. The molecule has 0 amide bonds. The van der Waals surface area contributed by atoms with Crippen molar-refractivity contribution in [1.82, 2.24) is 0 Å². The molecule has 0 spiro atoms. The van der Waals surface area contributed by atoms with Gasteiger partial charge in [0, 0.05) is 0 Å². The zero-order valence-electron chi connectivity index (χ0n) is 11.2. The summed E-state index contributed by atoms with van der Waals surface area (Å²) in [5, 5.41) is 10.0. The van der Waals surface area contributed by atoms with Crippen LogP contribution in [0.1, 0.15) is 35.6 Å². The van der Waals surface area contributed by atoms with Gasteiger partial charge >= 0.3 is 0 Å². The summed E-state index contributed by atoms with van der Waals surface area (Å²) < 4.78 is 18.8. The van der Waals surface area contributed by atoms with E-state index in [1.54, 1.807) is 6.07 Å². The SMILES string of the molecule is O[C@H]1CCCc2ccc(OCc3cccc(F)c3)cc21. The van der Waals surface area contributed by atoms with Crippen molar-refractivity contribution >= 4 is 0 Å². The predicted molar refractivity (Wildman–Crippen MR) is 75.1 cm³/mol. The molecule has 1 aliphatic carbocycles. The van der Waals surface area contributed by atoms with Gasteiger partial charge in [0.05, 0.1) is 6.10 Å². The molecule has 3 rings (SSSR count). The largest absolute Gasteiger partial charge is 0.489 e. The number of hydrogen-bond acceptors (Lipinski definition) is 2. The van der Waals surface area contributed by atoms with Gasteiger partial charge in [0.25, 0.3) is 0 Å². The fourth-order valence-electron chi connectivity index (χ4n) is 2.64. The van der Waals surface area contributed by atoms with Crippen LogP contribution in [0.15, 0.2) is 42.5 Å². The minimum atomic E-state index is -0.392. The Labute approximate surface area is 117 Å². The van der Waals surface area contributed by atoms with Crippen LogP contribution in [0.4, 0.5) is 4.39 Å². The van der Waals surface area contributed by atoms with E-state index in [0.29, 0.717) is 12.4 Å². The molecule has 0 saturated carbocycles. The van der Waals surface area contributed by atoms with Crippen LogP contribution in [-0.2, 0) is 13.0 Å². The van der Waals surface area contributed by atoms with Gasteiger partial charge in [-0.3, -0.25) is 0 Å². The molecule has 0 saturated heterocycles. The maximum Gasteiger partial charge on any atom is 0.123 e. The first kappa shape index (κ1) is 13.1. The van der Waals surface area contributed by atoms with Gasteiger partial charge in [-0.2, -0.15) is 0 Å². The number of halogens is 1. The van der Waals surface area contributed by atoms with E-state index in [1.165, 1.54) is 17.7 Å². The molecule has 0 bridgehead atoms. The maximum absolute atomic E-state index is 13.1. The number of rotatable bonds is 3. The molecular formula is C17H17FO2. The molecule has 0 aliphatic heterocycles. The smallest absolute Gasteiger partial charge is 0.123 e. The second-order valence-electron chi connectivity index (χ2n) is 5.19. The van der Waals surface area contributed by atoms with Crippen LogP contribution in [0.5, 0.6) is 5.75 Å². The lowest BCUT2D eigenvalue weighted by Gasteiger charge is -2.22. The highest BCUT2D eigenvalue weighted by Crippen LogP contribution is 2.32. The van der Waals surface area contributed by atoms with Crippen molar-refractivity contribution in [2.75, 3.05) is 0 Å². The van der Waals surface area contributed by atoms with Gasteiger partial charge in [-0.1, -0.05) is 18.2 Å². The molecule has 0 aromatic heterocycles. The summed E-state index contributed by atoms with van der Waals surface area (Å²) in [5.74, 6) is 0.459. The lowest BCUT2D eigenvalue weighted by Crippen LogP contribution is -2.09. The van der Waals surface area contributed by atoms with E-state index in [-0.39, 0.29) is 5.82 Å². The van der Waals surface area contributed by atoms with E-state index >= 15 is 0 Å². The fraction of sp³-hybridized carbons (Fsp3) is 0.294. The summed E-state index contributed by atoms with van der Waals surface area (Å²) >= 11 is 0. The van der Waals surface area contributed by atoms with Crippen molar-refractivity contribution in [2.45, 2.75) is 32.0 Å². The molecule has 0 heterocycles. The van der Waals surface area contributed by atoms with Crippen LogP contribution in [0.25, 0.3) is 0 Å². The Kier molecular flexibility index (Phi) is 3.70. The van der Waals surface area contributed by atoms with Gasteiger partial charge in [-0.05, 0) is 60.2 Å². The second-order valence-corrected chi connectivity index (χ2v) is 5.19. The Bertz CT molecular complexity index is 610. The second kappa shape index (κ2) is 5.63. The Morgan fingerprint density at radius 2 is 2.10 bits per heavy atom. The third-order valence-electron chi connectivity index (χ3n) is 3.69. The Balaban J connectivity index is 1.73. The minimum Gasteiger partial charge on any atom is -0.489 e. The van der Waals surface area contributed by atoms with E-state index in [0.717, 1.165) is 30.4 Å². The van der Waals surface area contributed by atoms with Crippen molar-refractivity contribution in [1.29, 1.82) is 0 Å². The van der Waals surface area contributed by atoms with Crippen LogP contribution in [0.2, 0.25) is 0 Å². The van der Waals surface area contributed by atoms with Crippen molar-refractivity contribution < 1.29 is 14.2 Å². The van der Waals surface area contributed by atoms with Gasteiger partial charge in [0.15, 0.2) is 0 Å². The summed E-state index contributed by atoms with van der Waals surface area (Å²) in [6.07, 6.45) is 2.45. The van der Waals surface area contributed by atoms with Gasteiger partial charge < -0.3 is 9.84 Å². The molecule has 0 unspecified atom stereocenters. The monoisotopic (exact) mass is 272 g/mol. The molecule has 2 aromatic rings. The molecule has 2 nitrogen and oxygen atoms in total. The van der Waals surface area contributed by atoms with Gasteiger partial charge in [-0.15, -0.1) is 0 Å². The summed E-state index contributed by atoms with van der Waals surface area (Å²) in [6.45, 7) is 0.326. The average molecular weight is 272 g/mol. The Morgan fingerprint density at radius 3 is 2.95 bits per heavy atom. The first-order valence-corrected chi connectivity index (χ1v) is 6.90. The molecule has 20 heavy (non-hydrogen) atoms. The highest BCUT2D eigenvalue weighted by atomic mass is 19.1. The molecule has 1 aliphatic rings. The molecule has 104 valence electrons. The summed E-state index contributed by atoms with van der Waals surface area (Å²) in [6, 6.07) is 12.2. The normalized spacial score (nSPS) is 17.6. The molecule has 0 fully saturated rings. The highest BCUT2D eigenvalue weighted by molar-refractivity contribution is 5.38. The lowest BCUT2D eigenvalue weighted by atomic mass is 9.89.